The molecule has 0 saturated carbocycles. The van der Waals surface area contributed by atoms with Gasteiger partial charge in [-0.3, -0.25) is 4.79 Å². The van der Waals surface area contributed by atoms with Crippen LogP contribution in [0.5, 0.6) is 5.75 Å². The van der Waals surface area contributed by atoms with Gasteiger partial charge in [-0.2, -0.15) is 0 Å². The van der Waals surface area contributed by atoms with Crippen molar-refractivity contribution in [1.29, 1.82) is 0 Å². The Morgan fingerprint density at radius 3 is 2.60 bits per heavy atom. The molecule has 2 aromatic rings. The molecule has 4 rings (SSSR count). The molecule has 0 unspecified atom stereocenters. The van der Waals surface area contributed by atoms with E-state index >= 15 is 0 Å². The number of nitrogens with zero attached hydrogens (tertiary/aromatic N) is 1. The summed E-state index contributed by atoms with van der Waals surface area (Å²) < 4.78 is 23.6. The Morgan fingerprint density at radius 1 is 1.20 bits per heavy atom. The second kappa shape index (κ2) is 11.9. The summed E-state index contributed by atoms with van der Waals surface area (Å²) in [6.45, 7) is 4.88. The first kappa shape index (κ1) is 26.2. The molecule has 1 saturated heterocycles. The van der Waals surface area contributed by atoms with E-state index < -0.39 is 5.79 Å². The molecular formula is C27H31BrClNO5. The summed E-state index contributed by atoms with van der Waals surface area (Å²) in [5.74, 6) is 0.309. The van der Waals surface area contributed by atoms with Crippen LogP contribution in [0.15, 0.2) is 58.7 Å². The van der Waals surface area contributed by atoms with Gasteiger partial charge < -0.3 is 23.8 Å². The number of benzene rings is 2. The Balaban J connectivity index is 1.45. The number of allylic oxidation sites excluding steroid dienone is 1. The summed E-state index contributed by atoms with van der Waals surface area (Å²) in [5, 5.41) is 0.525. The van der Waals surface area contributed by atoms with Crippen LogP contribution in [0.2, 0.25) is 5.02 Å². The van der Waals surface area contributed by atoms with Crippen LogP contribution in [-0.2, 0) is 20.8 Å². The predicted octanol–water partition coefficient (Wildman–Crippen LogP) is 6.22. The van der Waals surface area contributed by atoms with E-state index in [0.717, 1.165) is 27.9 Å². The zero-order valence-corrected chi connectivity index (χ0v) is 22.4. The molecule has 188 valence electrons. The zero-order valence-electron chi connectivity index (χ0n) is 20.1. The Hall–Kier alpha value is -1.90. The van der Waals surface area contributed by atoms with Crippen LogP contribution in [0.4, 0.5) is 0 Å². The number of rotatable bonds is 9. The van der Waals surface area contributed by atoms with Crippen LogP contribution in [0.3, 0.4) is 0 Å². The third-order valence-corrected chi connectivity index (χ3v) is 7.23. The van der Waals surface area contributed by atoms with Crippen LogP contribution < -0.4 is 4.74 Å². The minimum atomic E-state index is -0.540. The molecule has 2 aliphatic rings. The highest BCUT2D eigenvalue weighted by Gasteiger charge is 2.39. The normalized spacial score (nSPS) is 17.8. The molecule has 2 aromatic carbocycles. The number of carbonyl (C=O) groups is 1. The summed E-state index contributed by atoms with van der Waals surface area (Å²) in [6.07, 6.45) is 4.13. The molecule has 1 fully saturated rings. The van der Waals surface area contributed by atoms with Crippen molar-refractivity contribution in [2.24, 2.45) is 5.92 Å². The molecule has 8 heteroatoms. The molecular weight excluding hydrogens is 534 g/mol. The molecule has 6 nitrogen and oxygen atoms in total. The fourth-order valence-corrected chi connectivity index (χ4v) is 4.99. The first-order valence-electron chi connectivity index (χ1n) is 11.8. The van der Waals surface area contributed by atoms with E-state index in [-0.39, 0.29) is 11.8 Å². The van der Waals surface area contributed by atoms with Crippen molar-refractivity contribution in [3.63, 3.8) is 0 Å². The minimum absolute atomic E-state index is 0.0863. The van der Waals surface area contributed by atoms with E-state index in [2.05, 4.69) is 28.9 Å². The van der Waals surface area contributed by atoms with E-state index in [4.69, 9.17) is 30.5 Å². The lowest BCUT2D eigenvalue weighted by atomic mass is 9.96. The number of methoxy groups -OCH3 is 1. The first-order chi connectivity index (χ1) is 16.9. The monoisotopic (exact) mass is 563 g/mol. The summed E-state index contributed by atoms with van der Waals surface area (Å²) in [4.78, 5) is 15.6. The molecule has 1 heterocycles. The van der Waals surface area contributed by atoms with E-state index in [1.807, 2.05) is 29.2 Å². The number of halogens is 2. The van der Waals surface area contributed by atoms with Crippen molar-refractivity contribution >= 4 is 33.4 Å². The fourth-order valence-electron chi connectivity index (χ4n) is 4.40. The molecule has 1 atom stereocenters. The maximum Gasteiger partial charge on any atom is 0.259 e. The molecule has 1 spiro atoms. The van der Waals surface area contributed by atoms with Crippen LogP contribution in [0.1, 0.15) is 42.1 Å². The van der Waals surface area contributed by atoms with E-state index in [0.29, 0.717) is 56.4 Å². The van der Waals surface area contributed by atoms with Gasteiger partial charge in [0, 0.05) is 34.6 Å². The smallest absolute Gasteiger partial charge is 0.259 e. The maximum absolute atomic E-state index is 13.7. The van der Waals surface area contributed by atoms with Gasteiger partial charge in [-0.15, -0.1) is 0 Å². The average molecular weight is 565 g/mol. The van der Waals surface area contributed by atoms with Crippen LogP contribution in [-0.4, -0.2) is 50.1 Å². The van der Waals surface area contributed by atoms with Crippen molar-refractivity contribution < 1.29 is 23.7 Å². The van der Waals surface area contributed by atoms with Gasteiger partial charge in [0.05, 0.1) is 39.1 Å². The number of hydrogen-bond acceptors (Lipinski definition) is 5. The molecule has 1 aliphatic carbocycles. The minimum Gasteiger partial charge on any atom is -0.497 e. The number of hydrogen-bond donors (Lipinski definition) is 0. The zero-order chi connectivity index (χ0) is 24.8. The van der Waals surface area contributed by atoms with E-state index in [9.17, 15) is 4.79 Å². The highest BCUT2D eigenvalue weighted by atomic mass is 79.9. The summed E-state index contributed by atoms with van der Waals surface area (Å²) in [5.41, 5.74) is 2.60. The van der Waals surface area contributed by atoms with E-state index in [1.165, 1.54) is 0 Å². The van der Waals surface area contributed by atoms with Crippen molar-refractivity contribution in [3.05, 3.63) is 74.9 Å². The maximum atomic E-state index is 13.7. The summed E-state index contributed by atoms with van der Waals surface area (Å²) >= 11 is 9.73. The summed E-state index contributed by atoms with van der Waals surface area (Å²) in [6, 6.07) is 13.1. The molecule has 0 aromatic heterocycles. The lowest BCUT2D eigenvalue weighted by molar-refractivity contribution is -0.162. The van der Waals surface area contributed by atoms with Crippen molar-refractivity contribution in [1.82, 2.24) is 4.90 Å². The molecule has 0 N–H and O–H groups in total. The molecule has 1 amide bonds. The number of carbonyl (C=O) groups excluding carboxylic acids is 1. The lowest BCUT2D eigenvalue weighted by Gasteiger charge is -2.35. The Labute approximate surface area is 220 Å². The van der Waals surface area contributed by atoms with Gasteiger partial charge in [0.1, 0.15) is 5.75 Å². The molecule has 1 aliphatic heterocycles. The standard InChI is InChI=1S/C27H31BrClNO5/c1-19(17-33-18-20-3-6-23(32-2)7-4-20)16-30(26(31)24-15-21(29)5-8-25(24)28)22-9-11-27(12-10-22)34-13-14-35-27/h3-9,15,19H,10-14,16-18H2,1-2H3/t19-/m1/s1. The van der Waals surface area contributed by atoms with Gasteiger partial charge >= 0.3 is 0 Å². The second-order valence-electron chi connectivity index (χ2n) is 9.02. The van der Waals surface area contributed by atoms with Crippen LogP contribution >= 0.6 is 27.5 Å². The predicted molar refractivity (Wildman–Crippen MR) is 139 cm³/mol. The quantitative estimate of drug-likeness (QED) is 0.362. The Bertz CT molecular complexity index is 1050. The van der Waals surface area contributed by atoms with Crippen molar-refractivity contribution in [2.75, 3.05) is 33.5 Å². The first-order valence-corrected chi connectivity index (χ1v) is 13.0. The molecule has 35 heavy (non-hydrogen) atoms. The second-order valence-corrected chi connectivity index (χ2v) is 10.3. The SMILES string of the molecule is COc1ccc(COC[C@H](C)CN(C(=O)c2cc(Cl)ccc2Br)C2=CCC3(CC2)OCCO3)cc1. The highest BCUT2D eigenvalue weighted by Crippen LogP contribution is 2.37. The average Bonchev–Trinajstić information content (AvgIpc) is 3.32. The fraction of sp³-hybridized carbons (Fsp3) is 0.444. The molecule has 0 bridgehead atoms. The number of amides is 1. The van der Waals surface area contributed by atoms with Crippen molar-refractivity contribution in [3.8, 4) is 5.75 Å². The Kier molecular flexibility index (Phi) is 8.89. The molecule has 0 radical (unpaired) electrons. The van der Waals surface area contributed by atoms with Crippen LogP contribution in [0, 0.1) is 5.92 Å². The van der Waals surface area contributed by atoms with Gasteiger partial charge in [-0.1, -0.05) is 36.7 Å². The van der Waals surface area contributed by atoms with Gasteiger partial charge in [-0.05, 0) is 64.2 Å². The third kappa shape index (κ3) is 6.66. The van der Waals surface area contributed by atoms with Crippen LogP contribution in [0.25, 0.3) is 0 Å². The lowest BCUT2D eigenvalue weighted by Crippen LogP contribution is -2.39. The topological polar surface area (TPSA) is 57.2 Å². The summed E-state index contributed by atoms with van der Waals surface area (Å²) in [7, 11) is 1.65. The Morgan fingerprint density at radius 2 is 1.94 bits per heavy atom. The van der Waals surface area contributed by atoms with Gasteiger partial charge in [-0.25, -0.2) is 0 Å². The van der Waals surface area contributed by atoms with Gasteiger partial charge in [0.15, 0.2) is 5.79 Å². The highest BCUT2D eigenvalue weighted by molar-refractivity contribution is 9.10. The van der Waals surface area contributed by atoms with Gasteiger partial charge in [0.25, 0.3) is 5.91 Å². The largest absolute Gasteiger partial charge is 0.497 e. The third-order valence-electron chi connectivity index (χ3n) is 6.30. The van der Waals surface area contributed by atoms with Crippen molar-refractivity contribution in [2.45, 2.75) is 38.6 Å². The van der Waals surface area contributed by atoms with E-state index in [1.54, 1.807) is 25.3 Å². The van der Waals surface area contributed by atoms with Gasteiger partial charge in [0.2, 0.25) is 0 Å². The number of ether oxygens (including phenoxy) is 4.